The molecule has 0 radical (unpaired) electrons. The maximum absolute atomic E-state index is 13.2. The Morgan fingerprint density at radius 2 is 1.92 bits per heavy atom. The molecule has 0 saturated carbocycles. The molecular formula is C15H15F2N3O3S. The summed E-state index contributed by atoms with van der Waals surface area (Å²) in [6.45, 7) is 1.71. The topological polar surface area (TPSA) is 81.1 Å². The number of aromatic nitrogens is 2. The minimum Gasteiger partial charge on any atom is -0.307 e. The summed E-state index contributed by atoms with van der Waals surface area (Å²) in [7, 11) is -3.12. The van der Waals surface area contributed by atoms with Gasteiger partial charge in [0.05, 0.1) is 23.2 Å². The first-order chi connectivity index (χ1) is 11.2. The van der Waals surface area contributed by atoms with Gasteiger partial charge in [0.2, 0.25) is 0 Å². The van der Waals surface area contributed by atoms with E-state index in [-0.39, 0.29) is 23.1 Å². The summed E-state index contributed by atoms with van der Waals surface area (Å²) in [6.07, 6.45) is 0.404. The minimum absolute atomic E-state index is 0.0500. The Labute approximate surface area is 137 Å². The summed E-state index contributed by atoms with van der Waals surface area (Å²) in [5.74, 6) is -2.09. The largest absolute Gasteiger partial charge is 0.307 e. The molecule has 9 heteroatoms. The van der Waals surface area contributed by atoms with Crippen molar-refractivity contribution in [3.05, 3.63) is 47.2 Å². The van der Waals surface area contributed by atoms with Crippen molar-refractivity contribution in [2.45, 2.75) is 19.4 Å². The lowest BCUT2D eigenvalue weighted by molar-refractivity contribution is 0.102. The van der Waals surface area contributed by atoms with Gasteiger partial charge in [0.15, 0.2) is 9.84 Å². The van der Waals surface area contributed by atoms with Gasteiger partial charge < -0.3 is 5.32 Å². The van der Waals surface area contributed by atoms with Crippen LogP contribution < -0.4 is 5.32 Å². The summed E-state index contributed by atoms with van der Waals surface area (Å²) < 4.78 is 51.2. The second-order valence-electron chi connectivity index (χ2n) is 5.78. The van der Waals surface area contributed by atoms with Crippen molar-refractivity contribution in [2.24, 2.45) is 0 Å². The summed E-state index contributed by atoms with van der Waals surface area (Å²) in [5, 5.41) is 6.77. The van der Waals surface area contributed by atoms with Crippen molar-refractivity contribution in [3.63, 3.8) is 0 Å². The molecule has 1 aliphatic heterocycles. The fraction of sp³-hybridized carbons (Fsp3) is 0.333. The highest BCUT2D eigenvalue weighted by molar-refractivity contribution is 7.91. The van der Waals surface area contributed by atoms with Gasteiger partial charge in [-0.25, -0.2) is 21.9 Å². The lowest BCUT2D eigenvalue weighted by Crippen LogP contribution is -2.19. The van der Waals surface area contributed by atoms with Crippen LogP contribution in [0.15, 0.2) is 24.3 Å². The van der Waals surface area contributed by atoms with Crippen molar-refractivity contribution in [2.75, 3.05) is 16.8 Å². The molecule has 1 atom stereocenters. The zero-order chi connectivity index (χ0) is 17.5. The number of carbonyl (C=O) groups excluding carboxylic acids is 1. The lowest BCUT2D eigenvalue weighted by Gasteiger charge is -2.14. The quantitative estimate of drug-likeness (QED) is 0.914. The normalized spacial score (nSPS) is 19.4. The molecule has 2 heterocycles. The third-order valence-corrected chi connectivity index (χ3v) is 5.53. The molecule has 1 saturated heterocycles. The third-order valence-electron chi connectivity index (χ3n) is 3.78. The van der Waals surface area contributed by atoms with E-state index >= 15 is 0 Å². The average Bonchev–Trinajstić information content (AvgIpc) is 3.00. The Hall–Kier alpha value is -2.29. The summed E-state index contributed by atoms with van der Waals surface area (Å²) >= 11 is 0. The predicted molar refractivity (Wildman–Crippen MR) is 83.6 cm³/mol. The Kier molecular flexibility index (Phi) is 4.12. The molecule has 1 fully saturated rings. The second-order valence-corrected chi connectivity index (χ2v) is 8.01. The molecule has 128 valence electrons. The van der Waals surface area contributed by atoms with Crippen LogP contribution in [0.2, 0.25) is 0 Å². The van der Waals surface area contributed by atoms with Gasteiger partial charge >= 0.3 is 0 Å². The molecule has 1 unspecified atom stereocenters. The van der Waals surface area contributed by atoms with Gasteiger partial charge in [0.25, 0.3) is 5.91 Å². The number of halogens is 2. The summed E-state index contributed by atoms with van der Waals surface area (Å²) in [4.78, 5) is 12.2. The van der Waals surface area contributed by atoms with Gasteiger partial charge in [-0.15, -0.1) is 0 Å². The van der Waals surface area contributed by atoms with E-state index in [9.17, 15) is 22.0 Å². The molecule has 3 rings (SSSR count). The van der Waals surface area contributed by atoms with Gasteiger partial charge in [-0.3, -0.25) is 4.79 Å². The van der Waals surface area contributed by atoms with E-state index in [2.05, 4.69) is 10.4 Å². The van der Waals surface area contributed by atoms with Gasteiger partial charge in [-0.1, -0.05) is 0 Å². The molecule has 6 nitrogen and oxygen atoms in total. The minimum atomic E-state index is -3.12. The molecule has 24 heavy (non-hydrogen) atoms. The number of nitrogens with one attached hydrogen (secondary N) is 1. The maximum atomic E-state index is 13.2. The van der Waals surface area contributed by atoms with Crippen molar-refractivity contribution >= 4 is 21.6 Å². The molecule has 1 N–H and O–H groups in total. The maximum Gasteiger partial charge on any atom is 0.257 e. The van der Waals surface area contributed by atoms with Crippen LogP contribution >= 0.6 is 0 Å². The first kappa shape index (κ1) is 16.6. The molecule has 1 aromatic heterocycles. The number of anilines is 1. The van der Waals surface area contributed by atoms with Crippen LogP contribution in [-0.4, -0.2) is 35.6 Å². The average molecular weight is 355 g/mol. The number of hydrogen-bond donors (Lipinski definition) is 1. The van der Waals surface area contributed by atoms with Crippen molar-refractivity contribution < 1.29 is 22.0 Å². The van der Waals surface area contributed by atoms with E-state index in [1.54, 1.807) is 13.0 Å². The fourth-order valence-electron chi connectivity index (χ4n) is 2.73. The Morgan fingerprint density at radius 3 is 2.50 bits per heavy atom. The van der Waals surface area contributed by atoms with Gasteiger partial charge in [-0.2, -0.15) is 5.10 Å². The van der Waals surface area contributed by atoms with E-state index in [4.69, 9.17) is 0 Å². The van der Waals surface area contributed by atoms with Crippen LogP contribution in [0, 0.1) is 18.6 Å². The van der Waals surface area contributed by atoms with E-state index in [0.29, 0.717) is 24.0 Å². The highest BCUT2D eigenvalue weighted by Gasteiger charge is 2.31. The van der Waals surface area contributed by atoms with E-state index in [1.807, 2.05) is 0 Å². The number of sulfone groups is 1. The molecule has 0 bridgehead atoms. The monoisotopic (exact) mass is 355 g/mol. The second kappa shape index (κ2) is 5.97. The summed E-state index contributed by atoms with van der Waals surface area (Å²) in [5.41, 5.74) is 0.428. The highest BCUT2D eigenvalue weighted by Crippen LogP contribution is 2.27. The third kappa shape index (κ3) is 3.45. The van der Waals surface area contributed by atoms with Crippen LogP contribution in [0.5, 0.6) is 0 Å². The highest BCUT2D eigenvalue weighted by atomic mass is 32.2. The number of nitrogens with zero attached hydrogens (tertiary/aromatic N) is 2. The molecule has 2 aromatic rings. The fourth-order valence-corrected chi connectivity index (χ4v) is 4.42. The Balaban J connectivity index is 1.86. The number of amides is 1. The lowest BCUT2D eigenvalue weighted by atomic mass is 10.2. The van der Waals surface area contributed by atoms with Gasteiger partial charge in [0.1, 0.15) is 17.5 Å². The molecule has 1 amide bonds. The Morgan fingerprint density at radius 1 is 1.25 bits per heavy atom. The first-order valence-corrected chi connectivity index (χ1v) is 9.10. The van der Waals surface area contributed by atoms with Crippen LogP contribution in [0.4, 0.5) is 14.6 Å². The molecule has 1 aromatic carbocycles. The smallest absolute Gasteiger partial charge is 0.257 e. The van der Waals surface area contributed by atoms with Crippen molar-refractivity contribution in [3.8, 4) is 0 Å². The summed E-state index contributed by atoms with van der Waals surface area (Å²) in [6, 6.07) is 3.73. The van der Waals surface area contributed by atoms with Crippen LogP contribution in [0.1, 0.15) is 28.5 Å². The number of carbonyl (C=O) groups is 1. The number of rotatable bonds is 3. The van der Waals surface area contributed by atoms with Crippen LogP contribution in [-0.2, 0) is 9.84 Å². The number of hydrogen-bond acceptors (Lipinski definition) is 4. The van der Waals surface area contributed by atoms with E-state index in [0.717, 1.165) is 12.1 Å². The molecular weight excluding hydrogens is 340 g/mol. The number of aryl methyl sites for hydroxylation is 1. The zero-order valence-corrected chi connectivity index (χ0v) is 13.6. The van der Waals surface area contributed by atoms with E-state index < -0.39 is 27.4 Å². The standard InChI is InChI=1S/C15H15F2N3O3S/c1-9-4-14(20(19-9)13-2-3-24(22,23)8-13)18-15(21)10-5-11(16)7-12(17)6-10/h4-7,13H,2-3,8H2,1H3,(H,18,21). The first-order valence-electron chi connectivity index (χ1n) is 7.27. The van der Waals surface area contributed by atoms with E-state index in [1.165, 1.54) is 4.68 Å². The van der Waals surface area contributed by atoms with Gasteiger partial charge in [0, 0.05) is 17.7 Å². The van der Waals surface area contributed by atoms with Crippen molar-refractivity contribution in [1.82, 2.24) is 9.78 Å². The molecule has 1 aliphatic rings. The molecule has 0 spiro atoms. The number of benzene rings is 1. The van der Waals surface area contributed by atoms with Crippen LogP contribution in [0.25, 0.3) is 0 Å². The Bertz CT molecular complexity index is 888. The van der Waals surface area contributed by atoms with Gasteiger partial charge in [-0.05, 0) is 25.5 Å². The predicted octanol–water partition coefficient (Wildman–Crippen LogP) is 2.08. The van der Waals surface area contributed by atoms with Crippen LogP contribution in [0.3, 0.4) is 0 Å². The zero-order valence-electron chi connectivity index (χ0n) is 12.8. The molecule has 0 aliphatic carbocycles. The SMILES string of the molecule is Cc1cc(NC(=O)c2cc(F)cc(F)c2)n(C2CCS(=O)(=O)C2)n1. The van der Waals surface area contributed by atoms with Crippen molar-refractivity contribution in [1.29, 1.82) is 0 Å².